The molecule has 0 aliphatic carbocycles. The molecule has 3 aromatic rings. The van der Waals surface area contributed by atoms with E-state index in [0.29, 0.717) is 17.0 Å². The Labute approximate surface area is 156 Å². The molecule has 6 heteroatoms. The lowest BCUT2D eigenvalue weighted by Crippen LogP contribution is -2.36. The van der Waals surface area contributed by atoms with E-state index in [-0.39, 0.29) is 17.4 Å². The van der Waals surface area contributed by atoms with E-state index in [1.165, 1.54) is 0 Å². The normalized spacial score (nSPS) is 17.2. The Morgan fingerprint density at radius 3 is 2.33 bits per heavy atom. The van der Waals surface area contributed by atoms with Gasteiger partial charge in [-0.1, -0.05) is 30.3 Å². The molecule has 1 unspecified atom stereocenters. The molecule has 0 fully saturated rings. The number of aromatic amines is 1. The molecule has 1 aliphatic rings. The van der Waals surface area contributed by atoms with Crippen LogP contribution < -0.4 is 20.7 Å². The Hall–Kier alpha value is -3.28. The van der Waals surface area contributed by atoms with Crippen molar-refractivity contribution in [3.8, 4) is 17.3 Å². The molecule has 1 aromatic heterocycles. The highest BCUT2D eigenvalue weighted by Gasteiger charge is 2.45. The highest BCUT2D eigenvalue weighted by molar-refractivity contribution is 5.46. The number of fused-ring (bicyclic) bond motifs is 1. The average molecular weight is 364 g/mol. The maximum absolute atomic E-state index is 13.3. The van der Waals surface area contributed by atoms with Crippen LogP contribution in [-0.2, 0) is 0 Å². The number of aromatic nitrogens is 2. The maximum Gasteiger partial charge on any atom is 0.335 e. The minimum absolute atomic E-state index is 0.244. The van der Waals surface area contributed by atoms with Gasteiger partial charge in [0.1, 0.15) is 11.4 Å². The number of nitrogens with one attached hydrogen (secondary N) is 1. The molecule has 6 nitrogen and oxygen atoms in total. The molecule has 0 spiro atoms. The van der Waals surface area contributed by atoms with Crippen LogP contribution in [0.5, 0.6) is 11.6 Å². The molecule has 1 aliphatic heterocycles. The predicted octanol–water partition coefficient (Wildman–Crippen LogP) is 2.84. The van der Waals surface area contributed by atoms with E-state index in [1.807, 2.05) is 44.2 Å². The molecule has 4 rings (SSSR count). The van der Waals surface area contributed by atoms with Gasteiger partial charge in [0.05, 0.1) is 24.3 Å². The van der Waals surface area contributed by atoms with E-state index in [2.05, 4.69) is 4.98 Å². The number of hydrogen-bond donors (Lipinski definition) is 1. The number of methoxy groups -OCH3 is 1. The summed E-state index contributed by atoms with van der Waals surface area (Å²) in [5, 5.41) is 0. The van der Waals surface area contributed by atoms with Crippen molar-refractivity contribution in [2.24, 2.45) is 0 Å². The molecular weight excluding hydrogens is 344 g/mol. The van der Waals surface area contributed by atoms with Crippen molar-refractivity contribution in [2.45, 2.75) is 25.4 Å². The van der Waals surface area contributed by atoms with Crippen molar-refractivity contribution in [1.29, 1.82) is 0 Å². The summed E-state index contributed by atoms with van der Waals surface area (Å²) in [6, 6.07) is 16.5. The van der Waals surface area contributed by atoms with Crippen molar-refractivity contribution in [1.82, 2.24) is 9.55 Å². The van der Waals surface area contributed by atoms with E-state index in [4.69, 9.17) is 9.47 Å². The van der Waals surface area contributed by atoms with Crippen molar-refractivity contribution < 1.29 is 9.47 Å². The zero-order valence-electron chi connectivity index (χ0n) is 15.4. The fourth-order valence-corrected chi connectivity index (χ4v) is 3.71. The summed E-state index contributed by atoms with van der Waals surface area (Å²) in [5.74, 6) is 0.604. The first kappa shape index (κ1) is 17.1. The van der Waals surface area contributed by atoms with Crippen molar-refractivity contribution >= 4 is 0 Å². The summed E-state index contributed by atoms with van der Waals surface area (Å²) in [6.07, 6.45) is 0. The minimum atomic E-state index is -0.662. The molecule has 0 bridgehead atoms. The predicted molar refractivity (Wildman–Crippen MR) is 102 cm³/mol. The van der Waals surface area contributed by atoms with Gasteiger partial charge in [0.2, 0.25) is 5.88 Å². The Bertz CT molecular complexity index is 1100. The SMILES string of the molecule is COc1ccc(-n2c(=O)[nH]c3c(c2=O)C(c2ccccc2)C(C)(C)O3)cc1. The summed E-state index contributed by atoms with van der Waals surface area (Å²) >= 11 is 0. The third-order valence-corrected chi connectivity index (χ3v) is 4.91. The quantitative estimate of drug-likeness (QED) is 0.776. The lowest BCUT2D eigenvalue weighted by molar-refractivity contribution is 0.117. The lowest BCUT2D eigenvalue weighted by Gasteiger charge is -2.26. The zero-order valence-corrected chi connectivity index (χ0v) is 15.4. The number of benzene rings is 2. The molecule has 0 saturated heterocycles. The Morgan fingerprint density at radius 2 is 1.70 bits per heavy atom. The first-order chi connectivity index (χ1) is 12.9. The number of hydrogen-bond acceptors (Lipinski definition) is 4. The van der Waals surface area contributed by atoms with E-state index >= 15 is 0 Å². The van der Waals surface area contributed by atoms with Crippen LogP contribution in [0.2, 0.25) is 0 Å². The molecule has 27 heavy (non-hydrogen) atoms. The van der Waals surface area contributed by atoms with Gasteiger partial charge >= 0.3 is 5.69 Å². The van der Waals surface area contributed by atoms with Gasteiger partial charge in [-0.3, -0.25) is 9.78 Å². The van der Waals surface area contributed by atoms with Gasteiger partial charge in [0.25, 0.3) is 5.56 Å². The smallest absolute Gasteiger partial charge is 0.335 e. The molecule has 0 saturated carbocycles. The maximum atomic E-state index is 13.3. The second kappa shape index (κ2) is 6.16. The fraction of sp³-hybridized carbons (Fsp3) is 0.238. The standard InChI is InChI=1S/C21H20N2O4/c1-21(2)17(13-7-5-4-6-8-13)16-18(27-21)22-20(25)23(19(16)24)14-9-11-15(26-3)12-10-14/h4-12,17H,1-3H3,(H,22,25). The molecule has 1 N–H and O–H groups in total. The summed E-state index contributed by atoms with van der Waals surface area (Å²) in [5.41, 5.74) is 0.326. The first-order valence-electron chi connectivity index (χ1n) is 8.70. The van der Waals surface area contributed by atoms with Gasteiger partial charge < -0.3 is 9.47 Å². The Morgan fingerprint density at radius 1 is 1.04 bits per heavy atom. The highest BCUT2D eigenvalue weighted by atomic mass is 16.5. The second-order valence-electron chi connectivity index (χ2n) is 7.06. The summed E-state index contributed by atoms with van der Waals surface area (Å²) < 4.78 is 12.2. The third kappa shape index (κ3) is 2.73. The van der Waals surface area contributed by atoms with Crippen LogP contribution >= 0.6 is 0 Å². The summed E-state index contributed by atoms with van der Waals surface area (Å²) in [7, 11) is 1.56. The second-order valence-corrected chi connectivity index (χ2v) is 7.06. The van der Waals surface area contributed by atoms with E-state index < -0.39 is 11.3 Å². The van der Waals surface area contributed by atoms with Gasteiger partial charge in [0.15, 0.2) is 0 Å². The molecule has 2 heterocycles. The number of H-pyrrole nitrogens is 1. The molecule has 2 aromatic carbocycles. The van der Waals surface area contributed by atoms with Crippen LogP contribution in [0, 0.1) is 0 Å². The molecule has 138 valence electrons. The van der Waals surface area contributed by atoms with Crippen LogP contribution in [0.25, 0.3) is 5.69 Å². The lowest BCUT2D eigenvalue weighted by atomic mass is 9.82. The van der Waals surface area contributed by atoms with E-state index in [1.54, 1.807) is 31.4 Å². The minimum Gasteiger partial charge on any atom is -0.497 e. The molecule has 0 amide bonds. The monoisotopic (exact) mass is 364 g/mol. The van der Waals surface area contributed by atoms with Crippen LogP contribution in [0.4, 0.5) is 0 Å². The summed E-state index contributed by atoms with van der Waals surface area (Å²) in [4.78, 5) is 28.7. The van der Waals surface area contributed by atoms with Crippen LogP contribution in [0.15, 0.2) is 64.2 Å². The van der Waals surface area contributed by atoms with Crippen LogP contribution in [0.3, 0.4) is 0 Å². The third-order valence-electron chi connectivity index (χ3n) is 4.91. The number of nitrogens with zero attached hydrogens (tertiary/aromatic N) is 1. The number of ether oxygens (including phenoxy) is 2. The van der Waals surface area contributed by atoms with Gasteiger partial charge in [-0.05, 0) is 43.7 Å². The highest BCUT2D eigenvalue weighted by Crippen LogP contribution is 2.44. The summed E-state index contributed by atoms with van der Waals surface area (Å²) in [6.45, 7) is 3.83. The fourth-order valence-electron chi connectivity index (χ4n) is 3.71. The van der Waals surface area contributed by atoms with E-state index in [9.17, 15) is 9.59 Å². The molecule has 1 atom stereocenters. The first-order valence-corrected chi connectivity index (χ1v) is 8.70. The van der Waals surface area contributed by atoms with Crippen molar-refractivity contribution in [2.75, 3.05) is 7.11 Å². The van der Waals surface area contributed by atoms with Crippen LogP contribution in [0.1, 0.15) is 30.9 Å². The van der Waals surface area contributed by atoms with E-state index in [0.717, 1.165) is 10.1 Å². The number of rotatable bonds is 3. The van der Waals surface area contributed by atoms with Crippen molar-refractivity contribution in [3.05, 3.63) is 86.6 Å². The Balaban J connectivity index is 1.94. The molecular formula is C21H20N2O4. The topological polar surface area (TPSA) is 73.3 Å². The molecule has 0 radical (unpaired) electrons. The van der Waals surface area contributed by atoms with Gasteiger partial charge in [0, 0.05) is 0 Å². The van der Waals surface area contributed by atoms with Gasteiger partial charge in [-0.15, -0.1) is 0 Å². The van der Waals surface area contributed by atoms with Crippen LogP contribution in [-0.4, -0.2) is 22.3 Å². The van der Waals surface area contributed by atoms with Crippen molar-refractivity contribution in [3.63, 3.8) is 0 Å². The largest absolute Gasteiger partial charge is 0.497 e. The average Bonchev–Trinajstić information content (AvgIpc) is 2.93. The zero-order chi connectivity index (χ0) is 19.2. The van der Waals surface area contributed by atoms with Gasteiger partial charge in [-0.2, -0.15) is 0 Å². The van der Waals surface area contributed by atoms with Gasteiger partial charge in [-0.25, -0.2) is 9.36 Å². The Kier molecular flexibility index (Phi) is 3.91.